The zero-order valence-electron chi connectivity index (χ0n) is 27.9. The Bertz CT molecular complexity index is 1860. The minimum absolute atomic E-state index is 0.0438. The molecular formula is C34H40N4O8S. The predicted molar refractivity (Wildman–Crippen MR) is 180 cm³/mol. The number of nitrogens with two attached hydrogens (primary N) is 1. The van der Waals surface area contributed by atoms with E-state index in [1.807, 2.05) is 13.8 Å². The van der Waals surface area contributed by atoms with Crippen molar-refractivity contribution in [2.75, 3.05) is 55.7 Å². The maximum atomic E-state index is 14.6. The summed E-state index contributed by atoms with van der Waals surface area (Å²) >= 11 is 1.11. The van der Waals surface area contributed by atoms with Crippen LogP contribution in [0.15, 0.2) is 34.6 Å². The van der Waals surface area contributed by atoms with Crippen LogP contribution in [-0.4, -0.2) is 71.1 Å². The Kier molecular flexibility index (Phi) is 11.1. The molecule has 0 aliphatic carbocycles. The van der Waals surface area contributed by atoms with Crippen molar-refractivity contribution in [3.8, 4) is 40.6 Å². The van der Waals surface area contributed by atoms with Gasteiger partial charge in [0.25, 0.3) is 11.5 Å². The molecule has 0 bridgehead atoms. The number of allylic oxidation sites excluding steroid dienone is 1. The van der Waals surface area contributed by atoms with E-state index in [4.69, 9.17) is 34.2 Å². The van der Waals surface area contributed by atoms with E-state index in [1.54, 1.807) is 35.2 Å². The number of nitriles is 1. The first kappa shape index (κ1) is 34.8. The van der Waals surface area contributed by atoms with Gasteiger partial charge in [0.15, 0.2) is 23.0 Å². The molecule has 250 valence electrons. The maximum absolute atomic E-state index is 14.6. The van der Waals surface area contributed by atoms with E-state index < -0.39 is 11.5 Å². The van der Waals surface area contributed by atoms with Gasteiger partial charge in [-0.05, 0) is 54.3 Å². The third kappa shape index (κ3) is 6.33. The van der Waals surface area contributed by atoms with Crippen LogP contribution in [0.25, 0.3) is 17.5 Å². The molecule has 1 aromatic heterocycles. The van der Waals surface area contributed by atoms with Gasteiger partial charge in [0.05, 0.1) is 70.3 Å². The standard InChI is InChI=1S/C34H40N4O8S/c1-9-11-37(12-10-2)33(40)28-27(20-16-24(43-5)30(46-8)25(17-20)44-6)21(18-35)31(36)38-32(39)26(47-34(28)38)15-19-13-22(41-3)29(45-7)23(14-19)42-4/h13-17,27H,9-12,36H2,1-8H3/b26-15+. The van der Waals surface area contributed by atoms with Crippen LogP contribution in [0, 0.1) is 11.3 Å². The molecule has 12 nitrogen and oxygen atoms in total. The Labute approximate surface area is 277 Å². The summed E-state index contributed by atoms with van der Waals surface area (Å²) in [7, 11) is 8.97. The molecule has 1 amide bonds. The summed E-state index contributed by atoms with van der Waals surface area (Å²) in [6.07, 6.45) is 3.09. The summed E-state index contributed by atoms with van der Waals surface area (Å²) in [5, 5.41) is 10.5. The summed E-state index contributed by atoms with van der Waals surface area (Å²) in [5.74, 6) is 0.944. The fourth-order valence-electron chi connectivity index (χ4n) is 5.72. The van der Waals surface area contributed by atoms with Gasteiger partial charge in [0, 0.05) is 13.1 Å². The van der Waals surface area contributed by atoms with Crippen LogP contribution < -0.4 is 48.9 Å². The summed E-state index contributed by atoms with van der Waals surface area (Å²) in [4.78, 5) is 30.4. The number of amides is 1. The molecule has 2 aromatic carbocycles. The molecule has 3 aromatic rings. The number of rotatable bonds is 13. The van der Waals surface area contributed by atoms with Gasteiger partial charge in [-0.2, -0.15) is 5.26 Å². The quantitative estimate of drug-likeness (QED) is 0.289. The largest absolute Gasteiger partial charge is 0.493 e. The number of fused-ring (bicyclic) bond motifs is 1. The Morgan fingerprint density at radius 2 is 1.38 bits per heavy atom. The fraction of sp³-hybridized carbons (Fsp3) is 0.382. The SMILES string of the molecule is CCCN(CCC)C(=O)C1=c2s/c(=C/c3cc(OC)c(OC)c(OC)c3)c(=O)n2C(N)=C(C#N)C1c1cc(OC)c(OC)c(OC)c1. The molecule has 47 heavy (non-hydrogen) atoms. The molecular weight excluding hydrogens is 624 g/mol. The molecule has 1 aliphatic heterocycles. The minimum Gasteiger partial charge on any atom is -0.493 e. The van der Waals surface area contributed by atoms with Gasteiger partial charge in [0.1, 0.15) is 10.5 Å². The lowest BCUT2D eigenvalue weighted by Crippen LogP contribution is -2.43. The second-order valence-electron chi connectivity index (χ2n) is 10.5. The molecule has 2 N–H and O–H groups in total. The lowest BCUT2D eigenvalue weighted by Gasteiger charge is -2.30. The summed E-state index contributed by atoms with van der Waals surface area (Å²) < 4.78 is 35.1. The third-order valence-corrected chi connectivity index (χ3v) is 8.89. The van der Waals surface area contributed by atoms with E-state index in [1.165, 1.54) is 47.2 Å². The third-order valence-electron chi connectivity index (χ3n) is 7.78. The first-order valence-corrected chi connectivity index (χ1v) is 15.8. The second kappa shape index (κ2) is 15.0. The van der Waals surface area contributed by atoms with Gasteiger partial charge < -0.3 is 39.1 Å². The average molecular weight is 665 g/mol. The van der Waals surface area contributed by atoms with Crippen LogP contribution in [0.3, 0.4) is 0 Å². The first-order chi connectivity index (χ1) is 22.7. The molecule has 2 heterocycles. The first-order valence-electron chi connectivity index (χ1n) is 14.9. The number of methoxy groups -OCH3 is 6. The number of carbonyl (C=O) groups excluding carboxylic acids is 1. The van der Waals surface area contributed by atoms with E-state index in [9.17, 15) is 14.9 Å². The molecule has 0 radical (unpaired) electrons. The highest BCUT2D eigenvalue weighted by Gasteiger charge is 2.38. The topological polar surface area (TPSA) is 147 Å². The summed E-state index contributed by atoms with van der Waals surface area (Å²) in [6.45, 7) is 4.95. The monoisotopic (exact) mass is 664 g/mol. The maximum Gasteiger partial charge on any atom is 0.274 e. The van der Waals surface area contributed by atoms with Gasteiger partial charge in [-0.1, -0.05) is 13.8 Å². The van der Waals surface area contributed by atoms with Crippen molar-refractivity contribution in [1.29, 1.82) is 5.26 Å². The highest BCUT2D eigenvalue weighted by Crippen LogP contribution is 2.45. The van der Waals surface area contributed by atoms with Crippen LogP contribution in [0.2, 0.25) is 0 Å². The minimum atomic E-state index is -0.940. The van der Waals surface area contributed by atoms with Gasteiger partial charge >= 0.3 is 0 Å². The molecule has 4 rings (SSSR count). The van der Waals surface area contributed by atoms with Crippen molar-refractivity contribution in [2.24, 2.45) is 5.73 Å². The van der Waals surface area contributed by atoms with Crippen molar-refractivity contribution in [1.82, 2.24) is 9.47 Å². The normalized spacial score (nSPS) is 14.3. The smallest absolute Gasteiger partial charge is 0.274 e. The Hall–Kier alpha value is -5.09. The Morgan fingerprint density at radius 3 is 1.81 bits per heavy atom. The van der Waals surface area contributed by atoms with Crippen LogP contribution in [0.5, 0.6) is 34.5 Å². The number of aromatic nitrogens is 1. The zero-order valence-corrected chi connectivity index (χ0v) is 28.7. The van der Waals surface area contributed by atoms with E-state index in [-0.39, 0.29) is 27.4 Å². The number of hydrogen-bond donors (Lipinski definition) is 1. The van der Waals surface area contributed by atoms with Gasteiger partial charge in [-0.3, -0.25) is 14.2 Å². The molecule has 1 aliphatic rings. The fourth-order valence-corrected chi connectivity index (χ4v) is 6.89. The highest BCUT2D eigenvalue weighted by molar-refractivity contribution is 7.07. The van der Waals surface area contributed by atoms with Gasteiger partial charge in [0.2, 0.25) is 11.5 Å². The molecule has 0 saturated heterocycles. The van der Waals surface area contributed by atoms with Crippen LogP contribution in [0.1, 0.15) is 43.7 Å². The van der Waals surface area contributed by atoms with Crippen molar-refractivity contribution in [3.05, 3.63) is 60.5 Å². The van der Waals surface area contributed by atoms with Crippen molar-refractivity contribution in [3.63, 3.8) is 0 Å². The van der Waals surface area contributed by atoms with E-state index in [0.717, 1.165) is 11.3 Å². The predicted octanol–water partition coefficient (Wildman–Crippen LogP) is 3.04. The van der Waals surface area contributed by atoms with E-state index in [0.29, 0.717) is 76.2 Å². The number of nitrogens with zero attached hydrogens (tertiary/aromatic N) is 3. The molecule has 0 saturated carbocycles. The van der Waals surface area contributed by atoms with Crippen molar-refractivity contribution >= 4 is 34.7 Å². The Balaban J connectivity index is 2.15. The van der Waals surface area contributed by atoms with Gasteiger partial charge in [-0.25, -0.2) is 0 Å². The van der Waals surface area contributed by atoms with Crippen LogP contribution >= 0.6 is 11.3 Å². The highest BCUT2D eigenvalue weighted by atomic mass is 32.1. The molecule has 13 heteroatoms. The lowest BCUT2D eigenvalue weighted by molar-refractivity contribution is -0.125. The second-order valence-corrected chi connectivity index (χ2v) is 11.6. The van der Waals surface area contributed by atoms with E-state index in [2.05, 4.69) is 6.07 Å². The summed E-state index contributed by atoms with van der Waals surface area (Å²) in [6, 6.07) is 9.01. The van der Waals surface area contributed by atoms with E-state index >= 15 is 0 Å². The molecule has 0 fully saturated rings. The number of carbonyl (C=O) groups is 1. The number of hydrogen-bond acceptors (Lipinski definition) is 11. The zero-order chi connectivity index (χ0) is 34.4. The summed E-state index contributed by atoms with van der Waals surface area (Å²) in [5.41, 5.74) is 7.57. The van der Waals surface area contributed by atoms with Crippen molar-refractivity contribution in [2.45, 2.75) is 32.6 Å². The number of ether oxygens (including phenoxy) is 6. The molecule has 1 atom stereocenters. The van der Waals surface area contributed by atoms with Crippen LogP contribution in [0.4, 0.5) is 0 Å². The number of thiazole rings is 1. The van der Waals surface area contributed by atoms with Crippen molar-refractivity contribution < 1.29 is 33.2 Å². The molecule has 0 spiro atoms. The lowest BCUT2D eigenvalue weighted by atomic mass is 9.82. The van der Waals surface area contributed by atoms with Gasteiger partial charge in [-0.15, -0.1) is 11.3 Å². The average Bonchev–Trinajstić information content (AvgIpc) is 3.41. The van der Waals surface area contributed by atoms with Crippen LogP contribution in [-0.2, 0) is 4.79 Å². The molecule has 1 unspecified atom stereocenters. The number of benzene rings is 2. The Morgan fingerprint density at radius 1 is 0.894 bits per heavy atom.